The number of nitrogens with two attached hydrogens (primary N) is 1. The van der Waals surface area contributed by atoms with Gasteiger partial charge in [-0.05, 0) is 71.1 Å². The topological polar surface area (TPSA) is 60.2 Å². The van der Waals surface area contributed by atoms with Crippen molar-refractivity contribution in [2.75, 3.05) is 0 Å². The summed E-state index contributed by atoms with van der Waals surface area (Å²) in [6.07, 6.45) is 42.4. The average Bonchev–Trinajstić information content (AvgIpc) is 2.96. The van der Waals surface area contributed by atoms with Crippen molar-refractivity contribution in [2.45, 2.75) is 206 Å². The maximum absolute atomic E-state index is 12.6. The van der Waals surface area contributed by atoms with E-state index in [1.165, 1.54) is 128 Å². The van der Waals surface area contributed by atoms with Crippen LogP contribution in [-0.2, 0) is 9.59 Å². The first-order valence-electron chi connectivity index (χ1n) is 18.1. The molecule has 0 aliphatic heterocycles. The van der Waals surface area contributed by atoms with Gasteiger partial charge in [-0.1, -0.05) is 141 Å². The summed E-state index contributed by atoms with van der Waals surface area (Å²) in [5.41, 5.74) is 4.91. The van der Waals surface area contributed by atoms with E-state index in [2.05, 4.69) is 38.2 Å². The first-order valence-corrected chi connectivity index (χ1v) is 18.1. The third-order valence-electron chi connectivity index (χ3n) is 8.49. The van der Waals surface area contributed by atoms with Gasteiger partial charge in [0.2, 0.25) is 0 Å². The zero-order valence-corrected chi connectivity index (χ0v) is 28.0. The Balaban J connectivity index is 3.65. The van der Waals surface area contributed by atoms with Crippen LogP contribution in [0.4, 0.5) is 0 Å². The van der Waals surface area contributed by atoms with Crippen LogP contribution in [0.2, 0.25) is 0 Å². The molecule has 0 saturated heterocycles. The molecule has 0 fully saturated rings. The highest BCUT2D eigenvalue weighted by Crippen LogP contribution is 2.17. The lowest BCUT2D eigenvalue weighted by Crippen LogP contribution is -2.52. The predicted octanol–water partition coefficient (Wildman–Crippen LogP) is 11.9. The number of allylic oxidation sites excluding steroid dienone is 4. The molecule has 0 aliphatic rings. The van der Waals surface area contributed by atoms with Gasteiger partial charge in [0.1, 0.15) is 5.54 Å². The number of hydrogen-bond donors (Lipinski definition) is 1. The molecule has 240 valence electrons. The molecule has 0 aromatic carbocycles. The number of ketones is 2. The predicted molar refractivity (Wildman–Crippen MR) is 182 cm³/mol. The lowest BCUT2D eigenvalue weighted by Gasteiger charge is -2.21. The smallest absolute Gasteiger partial charge is 0.159 e. The highest BCUT2D eigenvalue weighted by Gasteiger charge is 2.34. The van der Waals surface area contributed by atoms with Crippen molar-refractivity contribution in [2.24, 2.45) is 5.73 Å². The van der Waals surface area contributed by atoms with Crippen molar-refractivity contribution in [3.05, 3.63) is 24.3 Å². The van der Waals surface area contributed by atoms with Crippen LogP contribution >= 0.6 is 0 Å². The van der Waals surface area contributed by atoms with Crippen LogP contribution in [0.5, 0.6) is 0 Å². The lowest BCUT2D eigenvalue weighted by atomic mass is 9.86. The molecule has 0 amide bonds. The van der Waals surface area contributed by atoms with Gasteiger partial charge in [0, 0.05) is 12.8 Å². The van der Waals surface area contributed by atoms with Gasteiger partial charge in [0.05, 0.1) is 0 Å². The van der Waals surface area contributed by atoms with Gasteiger partial charge in [-0.3, -0.25) is 9.59 Å². The van der Waals surface area contributed by atoms with E-state index < -0.39 is 5.54 Å². The Bertz CT molecular complexity index is 595. The summed E-state index contributed by atoms with van der Waals surface area (Å²) in [7, 11) is 0. The number of hydrogen-bond acceptors (Lipinski definition) is 3. The molecule has 0 heterocycles. The van der Waals surface area contributed by atoms with Gasteiger partial charge in [0.15, 0.2) is 11.6 Å². The Morgan fingerprint density at radius 3 is 0.976 bits per heavy atom. The molecule has 0 aliphatic carbocycles. The van der Waals surface area contributed by atoms with Crippen LogP contribution < -0.4 is 5.73 Å². The quantitative estimate of drug-likeness (QED) is 0.0494. The fourth-order valence-corrected chi connectivity index (χ4v) is 5.39. The maximum atomic E-state index is 12.6. The van der Waals surface area contributed by atoms with Gasteiger partial charge < -0.3 is 5.73 Å². The fourth-order valence-electron chi connectivity index (χ4n) is 5.39. The summed E-state index contributed by atoms with van der Waals surface area (Å²) in [5.74, 6) is -0.152. The van der Waals surface area contributed by atoms with Crippen LogP contribution in [-0.4, -0.2) is 17.1 Å². The fraction of sp³-hybridized carbons (Fsp3) is 0.842. The van der Waals surface area contributed by atoms with E-state index >= 15 is 0 Å². The molecular weight excluding hydrogens is 502 g/mol. The van der Waals surface area contributed by atoms with Crippen LogP contribution in [0.25, 0.3) is 0 Å². The Labute approximate surface area is 257 Å². The molecule has 0 unspecified atom stereocenters. The standard InChI is InChI=1S/C38H71NO2/c1-4-6-8-10-12-14-16-18-20-22-24-26-28-30-32-34-36(40)38(3,39)37(41)35-33-31-29-27-25-23-21-19-17-15-13-11-9-7-5-2/h18-21H,4-17,22-35,39H2,1-3H3/b20-18-,21-19-. The largest absolute Gasteiger partial charge is 0.313 e. The van der Waals surface area contributed by atoms with E-state index in [0.29, 0.717) is 12.8 Å². The molecule has 0 aromatic rings. The zero-order valence-electron chi connectivity index (χ0n) is 28.0. The van der Waals surface area contributed by atoms with Gasteiger partial charge in [0.25, 0.3) is 0 Å². The van der Waals surface area contributed by atoms with Gasteiger partial charge in [-0.25, -0.2) is 0 Å². The third kappa shape index (κ3) is 26.2. The van der Waals surface area contributed by atoms with Crippen molar-refractivity contribution in [1.29, 1.82) is 0 Å². The van der Waals surface area contributed by atoms with Gasteiger partial charge >= 0.3 is 0 Å². The highest BCUT2D eigenvalue weighted by molar-refractivity contribution is 6.10. The van der Waals surface area contributed by atoms with Crippen LogP contribution in [0.15, 0.2) is 24.3 Å². The zero-order chi connectivity index (χ0) is 30.3. The lowest BCUT2D eigenvalue weighted by molar-refractivity contribution is -0.134. The summed E-state index contributed by atoms with van der Waals surface area (Å²) < 4.78 is 0. The Kier molecular flexibility index (Phi) is 29.3. The third-order valence-corrected chi connectivity index (χ3v) is 8.49. The Morgan fingerprint density at radius 1 is 0.439 bits per heavy atom. The molecule has 2 N–H and O–H groups in total. The van der Waals surface area contributed by atoms with E-state index in [9.17, 15) is 9.59 Å². The molecular formula is C38H71NO2. The molecule has 0 saturated carbocycles. The van der Waals surface area contributed by atoms with Crippen LogP contribution in [0, 0.1) is 0 Å². The second kappa shape index (κ2) is 30.2. The van der Waals surface area contributed by atoms with Crippen LogP contribution in [0.3, 0.4) is 0 Å². The van der Waals surface area contributed by atoms with Gasteiger partial charge in [-0.15, -0.1) is 0 Å². The van der Waals surface area contributed by atoms with E-state index in [-0.39, 0.29) is 11.6 Å². The summed E-state index contributed by atoms with van der Waals surface area (Å²) in [6, 6.07) is 0. The molecule has 0 atom stereocenters. The normalized spacial score (nSPS) is 12.2. The summed E-state index contributed by atoms with van der Waals surface area (Å²) in [4.78, 5) is 25.3. The van der Waals surface area contributed by atoms with Gasteiger partial charge in [-0.2, -0.15) is 0 Å². The molecule has 0 radical (unpaired) electrons. The first-order chi connectivity index (χ1) is 20.0. The molecule has 0 rings (SSSR count). The molecule has 0 bridgehead atoms. The van der Waals surface area contributed by atoms with Crippen molar-refractivity contribution < 1.29 is 9.59 Å². The molecule has 3 nitrogen and oxygen atoms in total. The van der Waals surface area contributed by atoms with Crippen molar-refractivity contribution >= 4 is 11.6 Å². The Hall–Kier alpha value is -1.22. The van der Waals surface area contributed by atoms with Crippen molar-refractivity contribution in [3.63, 3.8) is 0 Å². The van der Waals surface area contributed by atoms with Crippen molar-refractivity contribution in [3.8, 4) is 0 Å². The molecule has 3 heteroatoms. The first kappa shape index (κ1) is 39.8. The maximum Gasteiger partial charge on any atom is 0.159 e. The van der Waals surface area contributed by atoms with Crippen LogP contribution in [0.1, 0.15) is 201 Å². The highest BCUT2D eigenvalue weighted by atomic mass is 16.2. The number of carbonyl (C=O) groups excluding carboxylic acids is 2. The van der Waals surface area contributed by atoms with E-state index in [1.54, 1.807) is 6.92 Å². The Morgan fingerprint density at radius 2 is 0.683 bits per heavy atom. The summed E-state index contributed by atoms with van der Waals surface area (Å²) in [6.45, 7) is 6.16. The minimum Gasteiger partial charge on any atom is -0.313 e. The number of Topliss-reactive ketones (excluding diaryl/α,β-unsaturated/α-hetero) is 2. The number of carbonyl (C=O) groups is 2. The molecule has 0 spiro atoms. The van der Waals surface area contributed by atoms with E-state index in [1.807, 2.05) is 0 Å². The minimum atomic E-state index is -1.30. The average molecular weight is 574 g/mol. The monoisotopic (exact) mass is 574 g/mol. The molecule has 41 heavy (non-hydrogen) atoms. The second-order valence-electron chi connectivity index (χ2n) is 12.7. The number of rotatable bonds is 32. The van der Waals surface area contributed by atoms with E-state index in [4.69, 9.17) is 5.73 Å². The summed E-state index contributed by atoms with van der Waals surface area (Å²) in [5, 5.41) is 0. The molecule has 0 aromatic heterocycles. The van der Waals surface area contributed by atoms with Crippen molar-refractivity contribution in [1.82, 2.24) is 0 Å². The number of unbranched alkanes of at least 4 members (excludes halogenated alkanes) is 22. The van der Waals surface area contributed by atoms with E-state index in [0.717, 1.165) is 38.5 Å². The SMILES string of the molecule is CCCCCCCC/C=C\CCCCCCCC(=O)C(C)(N)C(=O)CCCCCCC/C=C\CCCCCCCC. The second-order valence-corrected chi connectivity index (χ2v) is 12.7. The minimum absolute atomic E-state index is 0.0760. The summed E-state index contributed by atoms with van der Waals surface area (Å²) >= 11 is 0.